The van der Waals surface area contributed by atoms with Gasteiger partial charge in [-0.15, -0.1) is 0 Å². The van der Waals surface area contributed by atoms with Crippen LogP contribution in [-0.2, 0) is 76.0 Å². The Kier molecular flexibility index (Phi) is 66.6. The van der Waals surface area contributed by atoms with Gasteiger partial charge in [-0.2, -0.15) is 0 Å². The molecule has 0 atom stereocenters. The summed E-state index contributed by atoms with van der Waals surface area (Å²) >= 11 is 0. The normalized spacial score (nSPS) is 28.3. The van der Waals surface area contributed by atoms with E-state index in [1.165, 1.54) is 219 Å². The predicted molar refractivity (Wildman–Crippen MR) is 472 cm³/mol. The number of rotatable bonds is 0. The summed E-state index contributed by atoms with van der Waals surface area (Å²) in [5, 5.41) is 0. The van der Waals surface area contributed by atoms with Crippen LogP contribution in [0.2, 0.25) is 0 Å². The molecular formula is C94H178N8O16. The van der Waals surface area contributed by atoms with Gasteiger partial charge in [0.05, 0.1) is 159 Å². The minimum Gasteiger partial charge on any atom is -0.378 e. The maximum absolute atomic E-state index is 13.5. The monoisotopic (exact) mass is 1680 g/mol. The molecule has 0 aromatic heterocycles. The Balaban J connectivity index is 0.848. The Labute approximate surface area is 719 Å². The van der Waals surface area contributed by atoms with Crippen molar-refractivity contribution in [2.45, 2.75) is 283 Å². The number of ether oxygens (including phenoxy) is 12. The van der Waals surface area contributed by atoms with Crippen LogP contribution in [0.15, 0.2) is 0 Å². The van der Waals surface area contributed by atoms with Gasteiger partial charge in [-0.25, -0.2) is 0 Å². The molecule has 690 valence electrons. The van der Waals surface area contributed by atoms with Crippen LogP contribution in [0.5, 0.6) is 0 Å². The van der Waals surface area contributed by atoms with Gasteiger partial charge in [-0.1, -0.05) is 180 Å². The van der Waals surface area contributed by atoms with Gasteiger partial charge in [-0.05, 0) is 141 Å². The molecule has 14 aliphatic rings. The van der Waals surface area contributed by atoms with Crippen LogP contribution in [0.4, 0.5) is 0 Å². The lowest BCUT2D eigenvalue weighted by Crippen LogP contribution is -2.41. The third-order valence-electron chi connectivity index (χ3n) is 25.3. The first-order valence-electron chi connectivity index (χ1n) is 49.3. The van der Waals surface area contributed by atoms with Crippen molar-refractivity contribution in [2.24, 2.45) is 11.8 Å². The zero-order valence-electron chi connectivity index (χ0n) is 75.5. The number of hydrogen-bond donors (Lipinski definition) is 0. The summed E-state index contributed by atoms with van der Waals surface area (Å²) in [6.45, 7) is 30.1. The van der Waals surface area contributed by atoms with Crippen LogP contribution in [0, 0.1) is 11.8 Å². The number of amides is 4. The van der Waals surface area contributed by atoms with Gasteiger partial charge < -0.3 is 86.2 Å². The highest BCUT2D eigenvalue weighted by Gasteiger charge is 2.30. The minimum absolute atomic E-state index is 0.157. The third-order valence-corrected chi connectivity index (χ3v) is 25.3. The quantitative estimate of drug-likeness (QED) is 0.221. The second-order valence-electron chi connectivity index (χ2n) is 34.6. The highest BCUT2D eigenvalue weighted by molar-refractivity contribution is 5.77. The van der Waals surface area contributed by atoms with E-state index < -0.39 is 0 Å². The van der Waals surface area contributed by atoms with Crippen molar-refractivity contribution in [3.63, 3.8) is 0 Å². The summed E-state index contributed by atoms with van der Waals surface area (Å²) in [4.78, 5) is 71.9. The summed E-state index contributed by atoms with van der Waals surface area (Å²) < 4.78 is 71.9. The van der Waals surface area contributed by atoms with Crippen LogP contribution in [0.3, 0.4) is 0 Å². The van der Waals surface area contributed by atoms with Gasteiger partial charge in [-0.3, -0.25) is 29.0 Å². The molecule has 0 aliphatic carbocycles. The largest absolute Gasteiger partial charge is 0.378 e. The van der Waals surface area contributed by atoms with Crippen molar-refractivity contribution in [2.75, 3.05) is 289 Å². The summed E-state index contributed by atoms with van der Waals surface area (Å²) in [6, 6.07) is 0. The lowest BCUT2D eigenvalue weighted by Gasteiger charge is -2.40. The van der Waals surface area contributed by atoms with E-state index in [-0.39, 0.29) is 23.6 Å². The van der Waals surface area contributed by atoms with Crippen LogP contribution < -0.4 is 0 Å². The average Bonchev–Trinajstić information content (AvgIpc) is 0.853. The van der Waals surface area contributed by atoms with Crippen molar-refractivity contribution < 1.29 is 76.0 Å². The van der Waals surface area contributed by atoms with Gasteiger partial charge in [0, 0.05) is 104 Å². The Morgan fingerprint density at radius 1 is 0.144 bits per heavy atom. The highest BCUT2D eigenvalue weighted by Crippen LogP contribution is 2.33. The summed E-state index contributed by atoms with van der Waals surface area (Å²) in [7, 11) is 0. The Hall–Kier alpha value is -2.76. The van der Waals surface area contributed by atoms with E-state index in [2.05, 4.69) is 19.6 Å². The maximum atomic E-state index is 13.5. The van der Waals surface area contributed by atoms with E-state index in [1.54, 1.807) is 0 Å². The number of carbonyl (C=O) groups excluding carboxylic acids is 4. The van der Waals surface area contributed by atoms with Crippen molar-refractivity contribution in [1.82, 2.24) is 39.2 Å². The first kappa shape index (κ1) is 104. The molecule has 24 nitrogen and oxygen atoms in total. The summed E-state index contributed by atoms with van der Waals surface area (Å²) in [5.74, 6) is 2.59. The van der Waals surface area contributed by atoms with Gasteiger partial charge >= 0.3 is 0 Å². The zero-order chi connectivity index (χ0) is 82.8. The molecule has 10 bridgehead atoms. The smallest absolute Gasteiger partial charge is 0.222 e. The van der Waals surface area contributed by atoms with E-state index in [1.807, 2.05) is 19.6 Å². The molecule has 0 N–H and O–H groups in total. The number of nitrogens with zero attached hydrogens (tertiary/aromatic N) is 8. The molecule has 14 fully saturated rings. The molecule has 14 rings (SSSR count). The van der Waals surface area contributed by atoms with E-state index in [4.69, 9.17) is 56.8 Å². The molecule has 0 aromatic rings. The molecule has 0 radical (unpaired) electrons. The molecule has 0 spiro atoms. The van der Waals surface area contributed by atoms with Gasteiger partial charge in [0.15, 0.2) is 0 Å². The van der Waals surface area contributed by atoms with Crippen LogP contribution in [0.1, 0.15) is 283 Å². The molecule has 0 aromatic carbocycles. The van der Waals surface area contributed by atoms with E-state index >= 15 is 0 Å². The van der Waals surface area contributed by atoms with Crippen molar-refractivity contribution in [3.05, 3.63) is 0 Å². The summed E-state index contributed by atoms with van der Waals surface area (Å²) in [6.07, 6.45) is 50.9. The van der Waals surface area contributed by atoms with E-state index in [9.17, 15) is 19.2 Å². The van der Waals surface area contributed by atoms with Crippen molar-refractivity contribution in [3.8, 4) is 0 Å². The highest BCUT2D eigenvalue weighted by atomic mass is 16.5. The zero-order valence-corrected chi connectivity index (χ0v) is 75.5. The first-order chi connectivity index (χ1) is 58.4. The van der Waals surface area contributed by atoms with E-state index in [0.29, 0.717) is 237 Å². The van der Waals surface area contributed by atoms with Gasteiger partial charge in [0.25, 0.3) is 0 Å². The molecule has 118 heavy (non-hydrogen) atoms. The summed E-state index contributed by atoms with van der Waals surface area (Å²) in [5.41, 5.74) is 0. The molecule has 4 amide bonds. The average molecular weight is 1680 g/mol. The van der Waals surface area contributed by atoms with Gasteiger partial charge in [0.2, 0.25) is 23.6 Å². The fourth-order valence-electron chi connectivity index (χ4n) is 17.5. The second kappa shape index (κ2) is 75.6. The van der Waals surface area contributed by atoms with Crippen LogP contribution in [0.25, 0.3) is 0 Å². The number of piperidine rings is 2. The second-order valence-corrected chi connectivity index (χ2v) is 34.6. The molecule has 14 aliphatic heterocycles. The van der Waals surface area contributed by atoms with Crippen molar-refractivity contribution in [1.29, 1.82) is 0 Å². The lowest BCUT2D eigenvalue weighted by molar-refractivity contribution is -0.134. The predicted octanol–water partition coefficient (Wildman–Crippen LogP) is 14.2. The van der Waals surface area contributed by atoms with Crippen LogP contribution in [-0.4, -0.2) is 352 Å². The fraction of sp³-hybridized carbons (Fsp3) is 0.957. The standard InChI is InChI=1S/C94H178N8O16/c103-91-37-29-21-13-5-1-9-17-25-33-45-95-49-41-89(42-50-95)90-43-51-96(52-44-90)46-34-26-18-10-2-6-14-22-30-38-92(104)100-59-71-113-83-79-109-67-55-98(56-68-110-80-84-114-72-60-100)48-36-28-20-12-4-8-16-24-32-40-94(106)102-63-75-117-87-85-115-73-61-101(62-74-116-86-88-118-76-64-102)93(105)39-31-23-15-7-3-11-19-27-35-47-97-53-65-107-77-81-111-69-57-99(91)58-70-112-82-78-108-66-54-97/h89-90H,1-88H2. The first-order valence-corrected chi connectivity index (χ1v) is 49.3. The minimum atomic E-state index is 0.157. The lowest BCUT2D eigenvalue weighted by atomic mass is 9.78. The number of carbonyl (C=O) groups is 4. The Bertz CT molecular complexity index is 2100. The molecule has 0 saturated carbocycles. The maximum Gasteiger partial charge on any atom is 0.222 e. The fourth-order valence-corrected chi connectivity index (χ4v) is 17.5. The molecule has 24 heteroatoms. The molecule has 14 saturated heterocycles. The SMILES string of the molecule is O=C1CCCCCCCCCCCN2CCC(CC2)C2CCN(CCCCCCCCCCCC(=O)N3CCOCCOCCN(CCCCCCCCCCCC(=O)N4CCOCCOCCN(CCOCCOCC4)C(=O)CCCCCCCCCCCN4CCOCCOCCN1CCOCCOCC4)CCOCCOCC3)CC2. The Morgan fingerprint density at radius 2 is 0.280 bits per heavy atom. The molecule has 14 heterocycles. The van der Waals surface area contributed by atoms with Gasteiger partial charge in [0.1, 0.15) is 0 Å². The van der Waals surface area contributed by atoms with Crippen LogP contribution >= 0.6 is 0 Å². The van der Waals surface area contributed by atoms with E-state index in [0.717, 1.165) is 128 Å². The Morgan fingerprint density at radius 3 is 0.449 bits per heavy atom. The third kappa shape index (κ3) is 56.3. The topological polar surface area (TPSA) is 205 Å². The number of hydrogen-bond acceptors (Lipinski definition) is 20. The molecular weight excluding hydrogens is 1500 g/mol. The van der Waals surface area contributed by atoms with Crippen molar-refractivity contribution >= 4 is 23.6 Å². The molecule has 0 unspecified atom stereocenters.